The molecule has 18 heavy (non-hydrogen) atoms. The zero-order chi connectivity index (χ0) is 13.1. The number of hydrogen-bond acceptors (Lipinski definition) is 2. The second-order valence-corrected chi connectivity index (χ2v) is 4.73. The van der Waals surface area contributed by atoms with Crippen LogP contribution in [0.4, 0.5) is 0 Å². The molecule has 0 saturated heterocycles. The summed E-state index contributed by atoms with van der Waals surface area (Å²) in [5, 5.41) is 0. The predicted octanol–water partition coefficient (Wildman–Crippen LogP) is 3.78. The molecule has 0 aliphatic carbocycles. The summed E-state index contributed by atoms with van der Waals surface area (Å²) in [5.41, 5.74) is 11.7. The molecular weight excluding hydrogens is 220 g/mol. The van der Waals surface area contributed by atoms with Crippen molar-refractivity contribution in [1.29, 1.82) is 0 Å². The minimum atomic E-state index is 0.0216. The molecule has 0 saturated carbocycles. The first kappa shape index (κ1) is 12.8. The van der Waals surface area contributed by atoms with Crippen LogP contribution < -0.4 is 5.73 Å². The highest BCUT2D eigenvalue weighted by Gasteiger charge is 2.10. The van der Waals surface area contributed by atoms with E-state index in [1.165, 1.54) is 16.7 Å². The molecular formula is C16H20N2. The number of pyridine rings is 1. The molecule has 2 nitrogen and oxygen atoms in total. The number of nitrogens with zero attached hydrogens (tertiary/aromatic N) is 1. The van der Waals surface area contributed by atoms with Crippen molar-refractivity contribution in [2.24, 2.45) is 5.73 Å². The lowest BCUT2D eigenvalue weighted by atomic mass is 10.0. The van der Waals surface area contributed by atoms with E-state index in [2.05, 4.69) is 51.1 Å². The average molecular weight is 240 g/mol. The van der Waals surface area contributed by atoms with Gasteiger partial charge in [0.2, 0.25) is 0 Å². The lowest BCUT2D eigenvalue weighted by molar-refractivity contribution is 0.676. The van der Waals surface area contributed by atoms with Crippen LogP contribution in [0.5, 0.6) is 0 Å². The fourth-order valence-corrected chi connectivity index (χ4v) is 2.07. The molecule has 2 heteroatoms. The van der Waals surface area contributed by atoms with Crippen LogP contribution in [0, 0.1) is 13.8 Å². The third-order valence-corrected chi connectivity index (χ3v) is 3.34. The average Bonchev–Trinajstić information content (AvgIpc) is 2.39. The Kier molecular flexibility index (Phi) is 3.78. The first-order valence-corrected chi connectivity index (χ1v) is 6.42. The van der Waals surface area contributed by atoms with Crippen LogP contribution in [-0.4, -0.2) is 4.98 Å². The number of aromatic nitrogens is 1. The first-order valence-electron chi connectivity index (χ1n) is 6.42. The molecule has 1 unspecified atom stereocenters. The number of hydrogen-bond donors (Lipinski definition) is 1. The highest BCUT2D eigenvalue weighted by Crippen LogP contribution is 2.26. The summed E-state index contributed by atoms with van der Waals surface area (Å²) in [4.78, 5) is 4.75. The molecule has 2 N–H and O–H groups in total. The Bertz CT molecular complexity index is 547. The molecule has 0 aliphatic rings. The minimum absolute atomic E-state index is 0.0216. The topological polar surface area (TPSA) is 38.9 Å². The van der Waals surface area contributed by atoms with Crippen molar-refractivity contribution >= 4 is 0 Å². The van der Waals surface area contributed by atoms with Gasteiger partial charge in [-0.15, -0.1) is 0 Å². The van der Waals surface area contributed by atoms with E-state index in [0.717, 1.165) is 17.8 Å². The summed E-state index contributed by atoms with van der Waals surface area (Å²) in [7, 11) is 0. The Morgan fingerprint density at radius 1 is 1.06 bits per heavy atom. The molecule has 0 spiro atoms. The Hall–Kier alpha value is -1.67. The lowest BCUT2D eigenvalue weighted by Gasteiger charge is -2.13. The van der Waals surface area contributed by atoms with Crippen LogP contribution in [0.25, 0.3) is 11.3 Å². The van der Waals surface area contributed by atoms with Crippen LogP contribution in [-0.2, 0) is 0 Å². The van der Waals surface area contributed by atoms with Gasteiger partial charge in [-0.3, -0.25) is 4.98 Å². The third-order valence-electron chi connectivity index (χ3n) is 3.34. The fraction of sp³-hybridized carbons (Fsp3) is 0.312. The summed E-state index contributed by atoms with van der Waals surface area (Å²) in [6.07, 6.45) is 0.906. The van der Waals surface area contributed by atoms with E-state index in [1.54, 1.807) is 0 Å². The standard InChI is InChI=1S/C16H20N2/c1-4-14(17)15-10-9-12(3)16(18-15)13-8-6-5-7-11(13)2/h5-10,14H,4,17H2,1-3H3. The summed E-state index contributed by atoms with van der Waals surface area (Å²) in [6.45, 7) is 6.29. The van der Waals surface area contributed by atoms with E-state index in [4.69, 9.17) is 10.7 Å². The molecule has 2 rings (SSSR count). The normalized spacial score (nSPS) is 12.4. The van der Waals surface area contributed by atoms with Crippen LogP contribution in [0.2, 0.25) is 0 Å². The van der Waals surface area contributed by atoms with Gasteiger partial charge in [0.05, 0.1) is 11.4 Å². The second kappa shape index (κ2) is 5.32. The van der Waals surface area contributed by atoms with Crippen molar-refractivity contribution in [3.05, 3.63) is 53.2 Å². The zero-order valence-corrected chi connectivity index (χ0v) is 11.3. The highest BCUT2D eigenvalue weighted by molar-refractivity contribution is 5.66. The van der Waals surface area contributed by atoms with Gasteiger partial charge < -0.3 is 5.73 Å². The predicted molar refractivity (Wildman–Crippen MR) is 76.4 cm³/mol. The molecule has 0 fully saturated rings. The molecule has 1 aromatic carbocycles. The van der Waals surface area contributed by atoms with E-state index >= 15 is 0 Å². The van der Waals surface area contributed by atoms with Gasteiger partial charge in [0, 0.05) is 11.6 Å². The maximum Gasteiger partial charge on any atom is 0.0737 e. The van der Waals surface area contributed by atoms with E-state index in [-0.39, 0.29) is 6.04 Å². The Balaban J connectivity index is 2.54. The molecule has 1 atom stereocenters. The van der Waals surface area contributed by atoms with Crippen LogP contribution in [0.15, 0.2) is 36.4 Å². The third kappa shape index (κ3) is 2.44. The smallest absolute Gasteiger partial charge is 0.0737 e. The van der Waals surface area contributed by atoms with Crippen molar-refractivity contribution in [3.8, 4) is 11.3 Å². The molecule has 2 aromatic rings. The quantitative estimate of drug-likeness (QED) is 0.886. The van der Waals surface area contributed by atoms with E-state index in [1.807, 2.05) is 6.07 Å². The maximum atomic E-state index is 6.07. The van der Waals surface area contributed by atoms with Gasteiger partial charge in [-0.1, -0.05) is 37.3 Å². The number of rotatable bonds is 3. The highest BCUT2D eigenvalue weighted by atomic mass is 14.8. The second-order valence-electron chi connectivity index (χ2n) is 4.73. The number of aryl methyl sites for hydroxylation is 2. The Morgan fingerprint density at radius 3 is 2.44 bits per heavy atom. The van der Waals surface area contributed by atoms with Gasteiger partial charge in [-0.2, -0.15) is 0 Å². The maximum absolute atomic E-state index is 6.07. The van der Waals surface area contributed by atoms with Crippen LogP contribution in [0.1, 0.15) is 36.2 Å². The molecule has 0 aliphatic heterocycles. The van der Waals surface area contributed by atoms with Crippen molar-refractivity contribution in [1.82, 2.24) is 4.98 Å². The summed E-state index contributed by atoms with van der Waals surface area (Å²) in [6, 6.07) is 12.5. The first-order chi connectivity index (χ1) is 8.63. The molecule has 1 heterocycles. The van der Waals surface area contributed by atoms with Crippen molar-refractivity contribution in [2.75, 3.05) is 0 Å². The van der Waals surface area contributed by atoms with Crippen LogP contribution in [0.3, 0.4) is 0 Å². The van der Waals surface area contributed by atoms with Gasteiger partial charge >= 0.3 is 0 Å². The van der Waals surface area contributed by atoms with Crippen molar-refractivity contribution in [2.45, 2.75) is 33.2 Å². The minimum Gasteiger partial charge on any atom is -0.323 e. The van der Waals surface area contributed by atoms with Crippen LogP contribution >= 0.6 is 0 Å². The van der Waals surface area contributed by atoms with Gasteiger partial charge in [0.1, 0.15) is 0 Å². The molecule has 0 radical (unpaired) electrons. The largest absolute Gasteiger partial charge is 0.323 e. The summed E-state index contributed by atoms with van der Waals surface area (Å²) >= 11 is 0. The molecule has 94 valence electrons. The van der Waals surface area contributed by atoms with E-state index < -0.39 is 0 Å². The summed E-state index contributed by atoms with van der Waals surface area (Å²) in [5.74, 6) is 0. The van der Waals surface area contributed by atoms with Gasteiger partial charge in [-0.05, 0) is 37.5 Å². The SMILES string of the molecule is CCC(N)c1ccc(C)c(-c2ccccc2C)n1. The molecule has 0 amide bonds. The number of nitrogens with two attached hydrogens (primary N) is 1. The van der Waals surface area contributed by atoms with Crippen molar-refractivity contribution in [3.63, 3.8) is 0 Å². The Labute approximate surface area is 109 Å². The fourth-order valence-electron chi connectivity index (χ4n) is 2.07. The lowest BCUT2D eigenvalue weighted by Crippen LogP contribution is -2.11. The Morgan fingerprint density at radius 2 is 1.78 bits per heavy atom. The van der Waals surface area contributed by atoms with Gasteiger partial charge in [0.15, 0.2) is 0 Å². The monoisotopic (exact) mass is 240 g/mol. The number of benzene rings is 1. The molecule has 1 aromatic heterocycles. The zero-order valence-electron chi connectivity index (χ0n) is 11.3. The van der Waals surface area contributed by atoms with Gasteiger partial charge in [0.25, 0.3) is 0 Å². The van der Waals surface area contributed by atoms with E-state index in [9.17, 15) is 0 Å². The molecule has 0 bridgehead atoms. The van der Waals surface area contributed by atoms with Crippen molar-refractivity contribution < 1.29 is 0 Å². The summed E-state index contributed by atoms with van der Waals surface area (Å²) < 4.78 is 0. The van der Waals surface area contributed by atoms with E-state index in [0.29, 0.717) is 0 Å². The van der Waals surface area contributed by atoms with Gasteiger partial charge in [-0.25, -0.2) is 0 Å².